The van der Waals surface area contributed by atoms with Crippen molar-refractivity contribution in [2.75, 3.05) is 0 Å². The number of aryl methyl sites for hydroxylation is 2. The van der Waals surface area contributed by atoms with E-state index in [1.807, 2.05) is 30.3 Å². The summed E-state index contributed by atoms with van der Waals surface area (Å²) in [6, 6.07) is 9.19. The average molecular weight is 330 g/mol. The second-order valence-electron chi connectivity index (χ2n) is 5.26. The number of hydrogen-bond donors (Lipinski definition) is 1. The number of thiophene rings is 1. The molecule has 0 unspecified atom stereocenters. The Balaban J connectivity index is 2.32. The van der Waals surface area contributed by atoms with Gasteiger partial charge < -0.3 is 5.11 Å². The van der Waals surface area contributed by atoms with E-state index < -0.39 is 17.2 Å². The van der Waals surface area contributed by atoms with Crippen molar-refractivity contribution in [3.05, 3.63) is 67.2 Å². The second-order valence-corrected chi connectivity index (χ2v) is 6.26. The molecule has 0 aliphatic rings. The van der Waals surface area contributed by atoms with Gasteiger partial charge in [-0.05, 0) is 18.1 Å². The number of aromatic nitrogens is 2. The predicted molar refractivity (Wildman–Crippen MR) is 88.6 cm³/mol. The molecule has 1 aromatic carbocycles. The van der Waals surface area contributed by atoms with Gasteiger partial charge in [0.1, 0.15) is 9.71 Å². The third-order valence-corrected chi connectivity index (χ3v) is 5.14. The van der Waals surface area contributed by atoms with Gasteiger partial charge >= 0.3 is 11.7 Å². The minimum Gasteiger partial charge on any atom is -0.477 e. The van der Waals surface area contributed by atoms with Gasteiger partial charge in [0.2, 0.25) is 0 Å². The molecule has 0 saturated carbocycles. The Morgan fingerprint density at radius 2 is 1.87 bits per heavy atom. The number of nitrogens with zero attached hydrogens (tertiary/aromatic N) is 2. The lowest BCUT2D eigenvalue weighted by Crippen LogP contribution is -2.39. The number of carboxylic acids is 1. The topological polar surface area (TPSA) is 81.3 Å². The van der Waals surface area contributed by atoms with Gasteiger partial charge in [0.05, 0.1) is 11.9 Å². The molecular formula is C16H14N2O4S. The molecule has 6 nitrogen and oxygen atoms in total. The fourth-order valence-electron chi connectivity index (χ4n) is 2.59. The van der Waals surface area contributed by atoms with Gasteiger partial charge in [-0.25, -0.2) is 9.59 Å². The molecule has 3 aromatic rings. The Morgan fingerprint density at radius 3 is 2.48 bits per heavy atom. The zero-order valence-electron chi connectivity index (χ0n) is 12.6. The monoisotopic (exact) mass is 330 g/mol. The molecule has 0 fully saturated rings. The third kappa shape index (κ3) is 2.39. The minimum absolute atomic E-state index is 0.0876. The van der Waals surface area contributed by atoms with Crippen molar-refractivity contribution in [2.24, 2.45) is 7.05 Å². The van der Waals surface area contributed by atoms with Gasteiger partial charge in [0, 0.05) is 7.05 Å². The summed E-state index contributed by atoms with van der Waals surface area (Å²) in [5.74, 6) is -1.09. The van der Waals surface area contributed by atoms with Crippen LogP contribution in [0.5, 0.6) is 0 Å². The van der Waals surface area contributed by atoms with Gasteiger partial charge in [0.25, 0.3) is 5.56 Å². The molecule has 0 spiro atoms. The maximum absolute atomic E-state index is 12.7. The smallest absolute Gasteiger partial charge is 0.346 e. The molecule has 1 N–H and O–H groups in total. The molecule has 0 atom stereocenters. The van der Waals surface area contributed by atoms with Crippen LogP contribution in [-0.2, 0) is 13.6 Å². The van der Waals surface area contributed by atoms with Gasteiger partial charge in [-0.15, -0.1) is 11.3 Å². The van der Waals surface area contributed by atoms with Crippen LogP contribution in [0.15, 0.2) is 39.9 Å². The minimum atomic E-state index is -1.09. The molecule has 2 aromatic heterocycles. The van der Waals surface area contributed by atoms with E-state index in [4.69, 9.17) is 0 Å². The fraction of sp³-hybridized carbons (Fsp3) is 0.188. The second kappa shape index (κ2) is 5.51. The molecule has 0 aliphatic heterocycles. The SMILES string of the molecule is Cc1c(C(=O)O)sc2c1c(=O)n(Cc1ccccc1)c(=O)n2C. The van der Waals surface area contributed by atoms with E-state index in [-0.39, 0.29) is 11.4 Å². The number of hydrogen-bond acceptors (Lipinski definition) is 4. The lowest BCUT2D eigenvalue weighted by molar-refractivity contribution is 0.0701. The molecule has 0 aliphatic carbocycles. The molecule has 0 bridgehead atoms. The number of carboxylic acid groups (broad SMARTS) is 1. The maximum atomic E-state index is 12.7. The lowest BCUT2D eigenvalue weighted by Gasteiger charge is -2.08. The van der Waals surface area contributed by atoms with Crippen LogP contribution < -0.4 is 11.2 Å². The summed E-state index contributed by atoms with van der Waals surface area (Å²) in [5.41, 5.74) is 0.329. The molecule has 0 radical (unpaired) electrons. The van der Waals surface area contributed by atoms with E-state index in [9.17, 15) is 19.5 Å². The van der Waals surface area contributed by atoms with Crippen molar-refractivity contribution in [1.29, 1.82) is 0 Å². The van der Waals surface area contributed by atoms with Crippen LogP contribution in [0.1, 0.15) is 20.8 Å². The first-order valence-corrected chi connectivity index (χ1v) is 7.73. The highest BCUT2D eigenvalue weighted by Crippen LogP contribution is 2.27. The van der Waals surface area contributed by atoms with Crippen molar-refractivity contribution < 1.29 is 9.90 Å². The summed E-state index contributed by atoms with van der Waals surface area (Å²) < 4.78 is 2.48. The standard InChI is InChI=1S/C16H14N2O4S/c1-9-11-13(19)18(8-10-6-4-3-5-7-10)16(22)17(2)14(11)23-12(9)15(20)21/h3-7H,8H2,1-2H3,(H,20,21). The number of benzene rings is 1. The largest absolute Gasteiger partial charge is 0.477 e. The molecule has 2 heterocycles. The fourth-order valence-corrected chi connectivity index (χ4v) is 3.68. The van der Waals surface area contributed by atoms with E-state index in [1.54, 1.807) is 14.0 Å². The first-order valence-electron chi connectivity index (χ1n) is 6.92. The van der Waals surface area contributed by atoms with Crippen molar-refractivity contribution in [3.63, 3.8) is 0 Å². The van der Waals surface area contributed by atoms with Crippen LogP contribution in [-0.4, -0.2) is 20.2 Å². The number of fused-ring (bicyclic) bond motifs is 1. The first-order chi connectivity index (χ1) is 10.9. The summed E-state index contributed by atoms with van der Waals surface area (Å²) in [5, 5.41) is 9.53. The van der Waals surface area contributed by atoms with E-state index in [1.165, 1.54) is 4.57 Å². The Labute approximate surface area is 134 Å². The average Bonchev–Trinajstić information content (AvgIpc) is 2.88. The maximum Gasteiger partial charge on any atom is 0.346 e. The van der Waals surface area contributed by atoms with Crippen LogP contribution in [0.2, 0.25) is 0 Å². The van der Waals surface area contributed by atoms with Gasteiger partial charge in [0.15, 0.2) is 0 Å². The van der Waals surface area contributed by atoms with Crippen molar-refractivity contribution in [3.8, 4) is 0 Å². The van der Waals surface area contributed by atoms with Crippen LogP contribution in [0.3, 0.4) is 0 Å². The van der Waals surface area contributed by atoms with E-state index >= 15 is 0 Å². The summed E-state index contributed by atoms with van der Waals surface area (Å²) in [6.45, 7) is 1.75. The summed E-state index contributed by atoms with van der Waals surface area (Å²) in [4.78, 5) is 37.0. The molecule has 23 heavy (non-hydrogen) atoms. The van der Waals surface area contributed by atoms with E-state index in [2.05, 4.69) is 0 Å². The van der Waals surface area contributed by atoms with Gasteiger partial charge in [-0.3, -0.25) is 13.9 Å². The highest BCUT2D eigenvalue weighted by atomic mass is 32.1. The Hall–Kier alpha value is -2.67. The molecule has 0 saturated heterocycles. The summed E-state index contributed by atoms with van der Waals surface area (Å²) in [7, 11) is 1.55. The zero-order valence-corrected chi connectivity index (χ0v) is 13.4. The zero-order chi connectivity index (χ0) is 16.7. The van der Waals surface area contributed by atoms with Gasteiger partial charge in [-0.2, -0.15) is 0 Å². The van der Waals surface area contributed by atoms with Gasteiger partial charge in [-0.1, -0.05) is 30.3 Å². The summed E-state index contributed by atoms with van der Waals surface area (Å²) in [6.07, 6.45) is 0. The van der Waals surface area contributed by atoms with Crippen molar-refractivity contribution in [1.82, 2.24) is 9.13 Å². The highest BCUT2D eigenvalue weighted by molar-refractivity contribution is 7.20. The molecule has 118 valence electrons. The van der Waals surface area contributed by atoms with Crippen molar-refractivity contribution >= 4 is 27.5 Å². The number of carbonyl (C=O) groups is 1. The third-order valence-electron chi connectivity index (χ3n) is 3.79. The molecule has 0 amide bonds. The first kappa shape index (κ1) is 15.2. The van der Waals surface area contributed by atoms with E-state index in [0.717, 1.165) is 21.5 Å². The normalized spacial score (nSPS) is 11.0. The number of aromatic carboxylic acids is 1. The highest BCUT2D eigenvalue weighted by Gasteiger charge is 2.21. The quantitative estimate of drug-likeness (QED) is 0.794. The molecular weight excluding hydrogens is 316 g/mol. The Kier molecular flexibility index (Phi) is 3.65. The Bertz CT molecular complexity index is 1030. The van der Waals surface area contributed by atoms with Crippen molar-refractivity contribution in [2.45, 2.75) is 13.5 Å². The van der Waals surface area contributed by atoms with Crippen LogP contribution >= 0.6 is 11.3 Å². The van der Waals surface area contributed by atoms with Crippen LogP contribution in [0.4, 0.5) is 0 Å². The lowest BCUT2D eigenvalue weighted by atomic mass is 10.2. The van der Waals surface area contributed by atoms with Crippen LogP contribution in [0.25, 0.3) is 10.2 Å². The Morgan fingerprint density at radius 1 is 1.22 bits per heavy atom. The summed E-state index contributed by atoms with van der Waals surface area (Å²) >= 11 is 0.952. The van der Waals surface area contributed by atoms with Crippen LogP contribution in [0, 0.1) is 6.92 Å². The number of rotatable bonds is 3. The molecule has 7 heteroatoms. The molecule has 3 rings (SSSR count). The predicted octanol–water partition coefficient (Wildman–Crippen LogP) is 1.82. The van der Waals surface area contributed by atoms with E-state index in [0.29, 0.717) is 15.8 Å².